The van der Waals surface area contributed by atoms with Crippen LogP contribution in [-0.2, 0) is 0 Å². The first-order chi connectivity index (χ1) is 7.70. The summed E-state index contributed by atoms with van der Waals surface area (Å²) in [6.07, 6.45) is -4.66. The van der Waals surface area contributed by atoms with Gasteiger partial charge in [0, 0.05) is 12.1 Å². The highest BCUT2D eigenvalue weighted by Gasteiger charge is 2.30. The number of benzene rings is 1. The molecule has 4 nitrogen and oxygen atoms in total. The quantitative estimate of drug-likeness (QED) is 0.487. The predicted molar refractivity (Wildman–Crippen MR) is 52.3 cm³/mol. The minimum Gasteiger partial charge on any atom is -0.477 e. The Morgan fingerprint density at radius 2 is 2.00 bits per heavy atom. The van der Waals surface area contributed by atoms with Crippen LogP contribution in [0.2, 0.25) is 0 Å². The van der Waals surface area contributed by atoms with Gasteiger partial charge in [0.2, 0.25) is 0 Å². The summed E-state index contributed by atoms with van der Waals surface area (Å²) in [6, 6.07) is 1.26. The molecule has 1 aromatic carbocycles. The van der Waals surface area contributed by atoms with Gasteiger partial charge in [-0.3, -0.25) is 10.1 Å². The molecule has 9 heteroatoms. The average molecular weight is 318 g/mol. The summed E-state index contributed by atoms with van der Waals surface area (Å²) in [4.78, 5) is 9.55. The number of hydrogen-bond acceptors (Lipinski definition) is 3. The van der Waals surface area contributed by atoms with E-state index in [2.05, 4.69) is 20.7 Å². The maximum Gasteiger partial charge on any atom is 0.422 e. The number of nitro benzene ring substituents is 1. The van der Waals surface area contributed by atoms with Crippen molar-refractivity contribution in [3.05, 3.63) is 32.5 Å². The molecule has 0 radical (unpaired) electrons. The van der Waals surface area contributed by atoms with Crippen LogP contribution in [0.25, 0.3) is 0 Å². The lowest BCUT2D eigenvalue weighted by Crippen LogP contribution is -2.19. The highest BCUT2D eigenvalue weighted by Crippen LogP contribution is 2.33. The van der Waals surface area contributed by atoms with E-state index in [0.29, 0.717) is 6.07 Å². The summed E-state index contributed by atoms with van der Waals surface area (Å²) in [5, 5.41) is 10.5. The standard InChI is InChI=1S/C8H4BrF4NO3/c9-4-1-6(14(15)16)7(2-5(4)10)17-3-8(11,12)13/h1-2H,3H2. The monoisotopic (exact) mass is 317 g/mol. The molecule has 0 aliphatic heterocycles. The molecule has 0 heterocycles. The number of alkyl halides is 3. The van der Waals surface area contributed by atoms with E-state index < -0.39 is 35.0 Å². The molecule has 0 aliphatic rings. The molecule has 94 valence electrons. The molecule has 0 aliphatic carbocycles. The van der Waals surface area contributed by atoms with Gasteiger partial charge in [-0.15, -0.1) is 0 Å². The van der Waals surface area contributed by atoms with Gasteiger partial charge in [0.1, 0.15) is 5.82 Å². The number of halogens is 5. The van der Waals surface area contributed by atoms with Crippen molar-refractivity contribution in [2.45, 2.75) is 6.18 Å². The first kappa shape index (κ1) is 13.7. The minimum absolute atomic E-state index is 0.233. The predicted octanol–water partition coefficient (Wildman–Crippen LogP) is 3.44. The third kappa shape index (κ3) is 3.84. The Bertz CT molecular complexity index is 449. The van der Waals surface area contributed by atoms with E-state index in [-0.39, 0.29) is 4.47 Å². The Morgan fingerprint density at radius 3 is 2.47 bits per heavy atom. The summed E-state index contributed by atoms with van der Waals surface area (Å²) in [5.74, 6) is -1.72. The SMILES string of the molecule is O=[N+]([O-])c1cc(Br)c(F)cc1OCC(F)(F)F. The largest absolute Gasteiger partial charge is 0.477 e. The molecule has 0 bridgehead atoms. The Labute approximate surface area is 100 Å². The third-order valence-electron chi connectivity index (χ3n) is 1.59. The highest BCUT2D eigenvalue weighted by molar-refractivity contribution is 9.10. The Morgan fingerprint density at radius 1 is 1.41 bits per heavy atom. The highest BCUT2D eigenvalue weighted by atomic mass is 79.9. The van der Waals surface area contributed by atoms with Gasteiger partial charge in [-0.05, 0) is 15.9 Å². The van der Waals surface area contributed by atoms with Crippen LogP contribution in [0.15, 0.2) is 16.6 Å². The van der Waals surface area contributed by atoms with Crippen LogP contribution in [0.3, 0.4) is 0 Å². The second-order valence-electron chi connectivity index (χ2n) is 2.90. The fourth-order valence-electron chi connectivity index (χ4n) is 0.936. The van der Waals surface area contributed by atoms with Crippen LogP contribution in [0.4, 0.5) is 23.2 Å². The lowest BCUT2D eigenvalue weighted by molar-refractivity contribution is -0.386. The van der Waals surface area contributed by atoms with Gasteiger partial charge in [0.05, 0.1) is 9.40 Å². The maximum atomic E-state index is 13.0. The van der Waals surface area contributed by atoms with E-state index in [0.717, 1.165) is 6.07 Å². The number of nitrogens with zero attached hydrogens (tertiary/aromatic N) is 1. The van der Waals surface area contributed by atoms with Crippen LogP contribution in [0, 0.1) is 15.9 Å². The zero-order valence-electron chi connectivity index (χ0n) is 7.92. The van der Waals surface area contributed by atoms with E-state index in [4.69, 9.17) is 0 Å². The van der Waals surface area contributed by atoms with Crippen LogP contribution >= 0.6 is 15.9 Å². The van der Waals surface area contributed by atoms with Gasteiger partial charge in [0.25, 0.3) is 0 Å². The Kier molecular flexibility index (Phi) is 3.91. The van der Waals surface area contributed by atoms with Crippen molar-refractivity contribution in [2.24, 2.45) is 0 Å². The van der Waals surface area contributed by atoms with Crippen LogP contribution in [0.1, 0.15) is 0 Å². The van der Waals surface area contributed by atoms with Gasteiger partial charge in [-0.25, -0.2) is 4.39 Å². The number of hydrogen-bond donors (Lipinski definition) is 0. The fraction of sp³-hybridized carbons (Fsp3) is 0.250. The van der Waals surface area contributed by atoms with Crippen molar-refractivity contribution in [2.75, 3.05) is 6.61 Å². The van der Waals surface area contributed by atoms with Gasteiger partial charge in [0.15, 0.2) is 12.4 Å². The van der Waals surface area contributed by atoms with Gasteiger partial charge in [-0.1, -0.05) is 0 Å². The first-order valence-electron chi connectivity index (χ1n) is 4.03. The molecular weight excluding hydrogens is 314 g/mol. The molecule has 1 rings (SSSR count). The molecule has 0 fully saturated rings. The average Bonchev–Trinajstić information content (AvgIpc) is 2.17. The Balaban J connectivity index is 3.05. The Hall–Kier alpha value is -1.38. The molecule has 1 aromatic rings. The molecule has 0 unspecified atom stereocenters. The summed E-state index contributed by atoms with van der Waals surface area (Å²) >= 11 is 2.68. The van der Waals surface area contributed by atoms with Crippen LogP contribution in [0.5, 0.6) is 5.75 Å². The molecule has 0 saturated carbocycles. The molecule has 0 aromatic heterocycles. The van der Waals surface area contributed by atoms with Crippen molar-refractivity contribution in [3.8, 4) is 5.75 Å². The normalized spacial score (nSPS) is 11.4. The molecule has 17 heavy (non-hydrogen) atoms. The molecule has 0 N–H and O–H groups in total. The third-order valence-corrected chi connectivity index (χ3v) is 2.20. The lowest BCUT2D eigenvalue weighted by Gasteiger charge is -2.09. The van der Waals surface area contributed by atoms with E-state index in [9.17, 15) is 27.7 Å². The minimum atomic E-state index is -4.66. The zero-order chi connectivity index (χ0) is 13.2. The van der Waals surface area contributed by atoms with Crippen LogP contribution < -0.4 is 4.74 Å². The topological polar surface area (TPSA) is 52.4 Å². The van der Waals surface area contributed by atoms with E-state index in [1.165, 1.54) is 0 Å². The van der Waals surface area contributed by atoms with Crippen molar-refractivity contribution in [3.63, 3.8) is 0 Å². The van der Waals surface area contributed by atoms with E-state index in [1.807, 2.05) is 0 Å². The van der Waals surface area contributed by atoms with E-state index in [1.54, 1.807) is 0 Å². The maximum absolute atomic E-state index is 13.0. The molecule has 0 spiro atoms. The fourth-order valence-corrected chi connectivity index (χ4v) is 1.27. The number of ether oxygens (including phenoxy) is 1. The summed E-state index contributed by atoms with van der Waals surface area (Å²) in [7, 11) is 0. The molecular formula is C8H4BrF4NO3. The summed E-state index contributed by atoms with van der Waals surface area (Å²) in [5.41, 5.74) is -0.748. The number of rotatable bonds is 3. The van der Waals surface area contributed by atoms with Crippen molar-refractivity contribution in [1.29, 1.82) is 0 Å². The van der Waals surface area contributed by atoms with Gasteiger partial charge in [-0.2, -0.15) is 13.2 Å². The second-order valence-corrected chi connectivity index (χ2v) is 3.75. The summed E-state index contributed by atoms with van der Waals surface area (Å²) < 4.78 is 52.5. The lowest BCUT2D eigenvalue weighted by atomic mass is 10.3. The smallest absolute Gasteiger partial charge is 0.422 e. The van der Waals surface area contributed by atoms with Gasteiger partial charge >= 0.3 is 11.9 Å². The summed E-state index contributed by atoms with van der Waals surface area (Å²) in [6.45, 7) is -1.73. The zero-order valence-corrected chi connectivity index (χ0v) is 9.51. The van der Waals surface area contributed by atoms with Crippen LogP contribution in [-0.4, -0.2) is 17.7 Å². The van der Waals surface area contributed by atoms with Crippen molar-refractivity contribution in [1.82, 2.24) is 0 Å². The molecule has 0 atom stereocenters. The first-order valence-corrected chi connectivity index (χ1v) is 4.83. The molecule has 0 amide bonds. The van der Waals surface area contributed by atoms with Crippen molar-refractivity contribution < 1.29 is 27.2 Å². The van der Waals surface area contributed by atoms with Gasteiger partial charge < -0.3 is 4.74 Å². The second kappa shape index (κ2) is 4.86. The number of nitro groups is 1. The molecule has 0 saturated heterocycles. The van der Waals surface area contributed by atoms with Crippen molar-refractivity contribution >= 4 is 21.6 Å². The van der Waals surface area contributed by atoms with E-state index >= 15 is 0 Å².